The highest BCUT2D eigenvalue weighted by Crippen LogP contribution is 2.25. The number of likely N-dealkylation sites (N-methyl/N-ethyl adjacent to an activating group) is 1. The van der Waals surface area contributed by atoms with Crippen LogP contribution in [0.1, 0.15) is 18.4 Å². The Balaban J connectivity index is 1.75. The molecule has 1 heterocycles. The fourth-order valence-electron chi connectivity index (χ4n) is 2.72. The lowest BCUT2D eigenvalue weighted by Crippen LogP contribution is -2.56. The summed E-state index contributed by atoms with van der Waals surface area (Å²) >= 11 is 6.06. The van der Waals surface area contributed by atoms with E-state index in [1.54, 1.807) is 0 Å². The van der Waals surface area contributed by atoms with Gasteiger partial charge in [-0.2, -0.15) is 0 Å². The second-order valence-corrected chi connectivity index (χ2v) is 6.50. The summed E-state index contributed by atoms with van der Waals surface area (Å²) in [6.07, 6.45) is 1.83. The van der Waals surface area contributed by atoms with Crippen molar-refractivity contribution in [2.24, 2.45) is 0 Å². The van der Waals surface area contributed by atoms with E-state index < -0.39 is 0 Å². The van der Waals surface area contributed by atoms with E-state index in [0.717, 1.165) is 31.6 Å². The third kappa shape index (κ3) is 5.18. The number of hydrogen-bond donors (Lipinski definition) is 1. The van der Waals surface area contributed by atoms with Gasteiger partial charge in [0.1, 0.15) is 6.61 Å². The van der Waals surface area contributed by atoms with Gasteiger partial charge in [-0.1, -0.05) is 29.8 Å². The molecule has 128 valence electrons. The summed E-state index contributed by atoms with van der Waals surface area (Å²) in [5.74, 6) is -0.107. The number of nitrogens with one attached hydrogen (secondary N) is 1. The molecule has 0 aliphatic carbocycles. The monoisotopic (exact) mass is 340 g/mol. The maximum absolute atomic E-state index is 12.0. The number of rotatable bonds is 7. The Hall–Kier alpha value is -1.14. The second-order valence-electron chi connectivity index (χ2n) is 6.09. The highest BCUT2D eigenvalue weighted by Gasteiger charge is 2.34. The van der Waals surface area contributed by atoms with Crippen LogP contribution in [-0.4, -0.2) is 56.8 Å². The zero-order valence-corrected chi connectivity index (χ0v) is 14.6. The Morgan fingerprint density at radius 1 is 1.35 bits per heavy atom. The Bertz CT molecular complexity index is 516. The highest BCUT2D eigenvalue weighted by molar-refractivity contribution is 6.31. The van der Waals surface area contributed by atoms with Crippen LogP contribution in [0.5, 0.6) is 0 Å². The number of amides is 1. The van der Waals surface area contributed by atoms with Crippen LogP contribution in [-0.2, 0) is 20.9 Å². The average molecular weight is 341 g/mol. The smallest absolute Gasteiger partial charge is 0.246 e. The minimum Gasteiger partial charge on any atom is -0.381 e. The molecule has 0 radical (unpaired) electrons. The fraction of sp³-hybridized carbons (Fsp3) is 0.588. The molecular weight excluding hydrogens is 316 g/mol. The first-order valence-electron chi connectivity index (χ1n) is 7.86. The molecule has 0 aromatic heterocycles. The van der Waals surface area contributed by atoms with Crippen molar-refractivity contribution in [3.63, 3.8) is 0 Å². The van der Waals surface area contributed by atoms with Gasteiger partial charge in [-0.3, -0.25) is 4.79 Å². The Morgan fingerprint density at radius 2 is 2.04 bits per heavy atom. The van der Waals surface area contributed by atoms with E-state index in [1.165, 1.54) is 0 Å². The molecule has 0 spiro atoms. The molecule has 1 aromatic rings. The molecule has 1 saturated heterocycles. The molecule has 0 saturated carbocycles. The van der Waals surface area contributed by atoms with Gasteiger partial charge in [0, 0.05) is 30.3 Å². The van der Waals surface area contributed by atoms with Gasteiger partial charge in [0.25, 0.3) is 0 Å². The topological polar surface area (TPSA) is 50.8 Å². The largest absolute Gasteiger partial charge is 0.381 e. The van der Waals surface area contributed by atoms with Crippen LogP contribution < -0.4 is 5.32 Å². The molecule has 1 aliphatic rings. The normalized spacial score (nSPS) is 17.2. The van der Waals surface area contributed by atoms with Crippen LogP contribution in [0.3, 0.4) is 0 Å². The lowest BCUT2D eigenvalue weighted by atomic mass is 9.88. The number of benzene rings is 1. The van der Waals surface area contributed by atoms with Crippen molar-refractivity contribution < 1.29 is 14.3 Å². The number of carbonyl (C=O) groups is 1. The zero-order chi connectivity index (χ0) is 16.7. The maximum Gasteiger partial charge on any atom is 0.246 e. The summed E-state index contributed by atoms with van der Waals surface area (Å²) in [5, 5.41) is 3.64. The summed E-state index contributed by atoms with van der Waals surface area (Å²) in [4.78, 5) is 14.2. The summed E-state index contributed by atoms with van der Waals surface area (Å²) < 4.78 is 10.9. The summed E-state index contributed by atoms with van der Waals surface area (Å²) in [7, 11) is 4.09. The SMILES string of the molecule is CN(C)C1(CNC(=O)COCc2ccccc2Cl)CCOCC1. The molecule has 5 nitrogen and oxygen atoms in total. The highest BCUT2D eigenvalue weighted by atomic mass is 35.5. The molecule has 2 rings (SSSR count). The fourth-order valence-corrected chi connectivity index (χ4v) is 2.91. The summed E-state index contributed by atoms with van der Waals surface area (Å²) in [5.41, 5.74) is 0.854. The van der Waals surface area contributed by atoms with E-state index in [4.69, 9.17) is 21.1 Å². The van der Waals surface area contributed by atoms with Crippen LogP contribution in [0.4, 0.5) is 0 Å². The molecule has 0 atom stereocenters. The average Bonchev–Trinajstić information content (AvgIpc) is 2.55. The van der Waals surface area contributed by atoms with Crippen molar-refractivity contribution in [3.05, 3.63) is 34.9 Å². The van der Waals surface area contributed by atoms with Crippen LogP contribution in [0.25, 0.3) is 0 Å². The number of halogens is 1. The number of hydrogen-bond acceptors (Lipinski definition) is 4. The molecular formula is C17H25ClN2O3. The van der Waals surface area contributed by atoms with Crippen molar-refractivity contribution in [1.29, 1.82) is 0 Å². The van der Waals surface area contributed by atoms with Crippen LogP contribution in [0.15, 0.2) is 24.3 Å². The molecule has 1 aromatic carbocycles. The van der Waals surface area contributed by atoms with Crippen molar-refractivity contribution in [2.45, 2.75) is 25.0 Å². The third-order valence-corrected chi connectivity index (χ3v) is 4.80. The summed E-state index contributed by atoms with van der Waals surface area (Å²) in [6.45, 7) is 2.44. The summed E-state index contributed by atoms with van der Waals surface area (Å²) in [6, 6.07) is 7.47. The van der Waals surface area contributed by atoms with Gasteiger partial charge in [-0.15, -0.1) is 0 Å². The van der Waals surface area contributed by atoms with Gasteiger partial charge in [0.2, 0.25) is 5.91 Å². The lowest BCUT2D eigenvalue weighted by molar-refractivity contribution is -0.127. The molecule has 0 bridgehead atoms. The Kier molecular flexibility index (Phi) is 6.84. The van der Waals surface area contributed by atoms with E-state index in [1.807, 2.05) is 38.4 Å². The van der Waals surface area contributed by atoms with E-state index in [-0.39, 0.29) is 18.1 Å². The van der Waals surface area contributed by atoms with Gasteiger partial charge < -0.3 is 19.7 Å². The predicted octanol–water partition coefficient (Wildman–Crippen LogP) is 2.08. The van der Waals surface area contributed by atoms with Gasteiger partial charge >= 0.3 is 0 Å². The van der Waals surface area contributed by atoms with Crippen molar-refractivity contribution >= 4 is 17.5 Å². The van der Waals surface area contributed by atoms with Crippen molar-refractivity contribution in [3.8, 4) is 0 Å². The standard InChI is InChI=1S/C17H25ClN2O3/c1-20(2)17(7-9-22-10-8-17)13-19-16(21)12-23-11-14-5-3-4-6-15(14)18/h3-6H,7-13H2,1-2H3,(H,19,21). The lowest BCUT2D eigenvalue weighted by Gasteiger charge is -2.42. The molecule has 6 heteroatoms. The zero-order valence-electron chi connectivity index (χ0n) is 13.8. The maximum atomic E-state index is 12.0. The van der Waals surface area contributed by atoms with Crippen LogP contribution in [0, 0.1) is 0 Å². The van der Waals surface area contributed by atoms with Gasteiger partial charge in [0.05, 0.1) is 6.61 Å². The van der Waals surface area contributed by atoms with Crippen LogP contribution in [0.2, 0.25) is 5.02 Å². The first kappa shape index (κ1) is 18.2. The third-order valence-electron chi connectivity index (χ3n) is 4.44. The molecule has 1 N–H and O–H groups in total. The molecule has 23 heavy (non-hydrogen) atoms. The second kappa shape index (κ2) is 8.64. The van der Waals surface area contributed by atoms with E-state index >= 15 is 0 Å². The molecule has 1 aliphatic heterocycles. The van der Waals surface area contributed by atoms with Gasteiger partial charge in [-0.25, -0.2) is 0 Å². The Labute approximate surface area is 142 Å². The minimum atomic E-state index is -0.107. The molecule has 1 fully saturated rings. The number of ether oxygens (including phenoxy) is 2. The first-order valence-corrected chi connectivity index (χ1v) is 8.24. The predicted molar refractivity (Wildman–Crippen MR) is 90.6 cm³/mol. The first-order chi connectivity index (χ1) is 11.0. The van der Waals surface area contributed by atoms with Crippen molar-refractivity contribution in [1.82, 2.24) is 10.2 Å². The number of nitrogens with zero attached hydrogens (tertiary/aromatic N) is 1. The van der Waals surface area contributed by atoms with Crippen molar-refractivity contribution in [2.75, 3.05) is 40.5 Å². The van der Waals surface area contributed by atoms with Gasteiger partial charge in [0.15, 0.2) is 0 Å². The molecule has 1 amide bonds. The quantitative estimate of drug-likeness (QED) is 0.825. The minimum absolute atomic E-state index is 0.0311. The number of carbonyl (C=O) groups excluding carboxylic acids is 1. The Morgan fingerprint density at radius 3 is 2.70 bits per heavy atom. The van der Waals surface area contributed by atoms with E-state index in [9.17, 15) is 4.79 Å². The van der Waals surface area contributed by atoms with E-state index in [2.05, 4.69) is 10.2 Å². The molecule has 0 unspecified atom stereocenters. The van der Waals surface area contributed by atoms with Gasteiger partial charge in [-0.05, 0) is 38.6 Å². The van der Waals surface area contributed by atoms with E-state index in [0.29, 0.717) is 18.2 Å². The van der Waals surface area contributed by atoms with Crippen LogP contribution >= 0.6 is 11.6 Å².